The lowest BCUT2D eigenvalue weighted by Gasteiger charge is -2.09. The molecule has 0 saturated heterocycles. The van der Waals surface area contributed by atoms with Crippen molar-refractivity contribution in [1.29, 1.82) is 0 Å². The molecule has 0 atom stereocenters. The number of ether oxygens (including phenoxy) is 2. The number of benzene rings is 2. The number of esters is 1. The Kier molecular flexibility index (Phi) is 8.51. The van der Waals surface area contributed by atoms with Crippen LogP contribution in [-0.4, -0.2) is 25.1 Å². The van der Waals surface area contributed by atoms with Gasteiger partial charge in [-0.3, -0.25) is 4.79 Å². The van der Waals surface area contributed by atoms with Crippen molar-refractivity contribution in [2.24, 2.45) is 0 Å². The van der Waals surface area contributed by atoms with E-state index >= 15 is 0 Å². The number of nitrogens with one attached hydrogen (secondary N) is 1. The highest BCUT2D eigenvalue weighted by atomic mass is 79.9. The fourth-order valence-electron chi connectivity index (χ4n) is 2.84. The molecule has 0 fully saturated rings. The molecule has 162 valence electrons. The third-order valence-corrected chi connectivity index (χ3v) is 5.99. The van der Waals surface area contributed by atoms with Crippen LogP contribution < -0.4 is 10.1 Å². The highest BCUT2D eigenvalue weighted by Gasteiger charge is 2.22. The predicted octanol–water partition coefficient (Wildman–Crippen LogP) is 6.81. The highest BCUT2D eigenvalue weighted by molar-refractivity contribution is 9.10. The molecular formula is C23H21BrClNO4S. The normalized spacial score (nSPS) is 10.5. The molecule has 1 amide bonds. The average Bonchev–Trinajstić information content (AvgIpc) is 3.16. The van der Waals surface area contributed by atoms with Crippen LogP contribution in [-0.2, 0) is 9.53 Å². The molecule has 0 aliphatic rings. The monoisotopic (exact) mass is 521 g/mol. The number of thiophene rings is 1. The SMILES string of the molecule is CCOC(=O)c1c(-c2ccc(Br)cc2)csc1NC(=O)CCCOc1ccc(Cl)cc1. The van der Waals surface area contributed by atoms with Crippen LogP contribution in [0.25, 0.3) is 11.1 Å². The molecule has 0 saturated carbocycles. The van der Waals surface area contributed by atoms with Crippen molar-refractivity contribution >= 4 is 55.7 Å². The van der Waals surface area contributed by atoms with Gasteiger partial charge in [-0.2, -0.15) is 0 Å². The zero-order chi connectivity index (χ0) is 22.2. The van der Waals surface area contributed by atoms with Gasteiger partial charge in [0.25, 0.3) is 0 Å². The molecule has 0 bridgehead atoms. The number of halogens is 2. The van der Waals surface area contributed by atoms with Gasteiger partial charge in [-0.25, -0.2) is 4.79 Å². The summed E-state index contributed by atoms with van der Waals surface area (Å²) < 4.78 is 11.8. The minimum atomic E-state index is -0.456. The van der Waals surface area contributed by atoms with Gasteiger partial charge in [0, 0.05) is 26.9 Å². The molecule has 8 heteroatoms. The van der Waals surface area contributed by atoms with Crippen LogP contribution in [0.15, 0.2) is 58.4 Å². The van der Waals surface area contributed by atoms with Crippen molar-refractivity contribution < 1.29 is 19.1 Å². The standard InChI is InChI=1S/C23H21BrClNO4S/c1-2-29-23(28)21-19(15-5-7-16(24)8-6-15)14-31-22(21)26-20(27)4-3-13-30-18-11-9-17(25)10-12-18/h5-12,14H,2-4,13H2,1H3,(H,26,27). The van der Waals surface area contributed by atoms with E-state index < -0.39 is 5.97 Å². The van der Waals surface area contributed by atoms with Gasteiger partial charge in [0.2, 0.25) is 5.91 Å². The van der Waals surface area contributed by atoms with E-state index in [4.69, 9.17) is 21.1 Å². The van der Waals surface area contributed by atoms with E-state index in [0.29, 0.717) is 34.4 Å². The molecular weight excluding hydrogens is 502 g/mol. The topological polar surface area (TPSA) is 64.6 Å². The zero-order valence-electron chi connectivity index (χ0n) is 16.8. The van der Waals surface area contributed by atoms with Gasteiger partial charge in [-0.1, -0.05) is 39.7 Å². The fourth-order valence-corrected chi connectivity index (χ4v) is 4.20. The first-order valence-corrected chi connectivity index (χ1v) is 11.8. The molecule has 5 nitrogen and oxygen atoms in total. The van der Waals surface area contributed by atoms with Crippen LogP contribution in [0, 0.1) is 0 Å². The second-order valence-electron chi connectivity index (χ2n) is 6.53. The molecule has 1 N–H and O–H groups in total. The molecule has 0 aliphatic heterocycles. The maximum Gasteiger partial charge on any atom is 0.341 e. The van der Waals surface area contributed by atoms with Crippen LogP contribution in [0.3, 0.4) is 0 Å². The summed E-state index contributed by atoms with van der Waals surface area (Å²) in [4.78, 5) is 25.1. The van der Waals surface area contributed by atoms with Gasteiger partial charge in [-0.15, -0.1) is 11.3 Å². The van der Waals surface area contributed by atoms with Gasteiger partial charge in [0.15, 0.2) is 0 Å². The third-order valence-electron chi connectivity index (χ3n) is 4.31. The molecule has 0 radical (unpaired) electrons. The minimum absolute atomic E-state index is 0.186. The number of hydrogen-bond donors (Lipinski definition) is 1. The molecule has 0 unspecified atom stereocenters. The predicted molar refractivity (Wildman–Crippen MR) is 128 cm³/mol. The van der Waals surface area contributed by atoms with Crippen molar-refractivity contribution in [3.63, 3.8) is 0 Å². The summed E-state index contributed by atoms with van der Waals surface area (Å²) in [5, 5.41) is 5.84. The zero-order valence-corrected chi connectivity index (χ0v) is 20.0. The van der Waals surface area contributed by atoms with Crippen LogP contribution in [0.5, 0.6) is 5.75 Å². The largest absolute Gasteiger partial charge is 0.494 e. The smallest absolute Gasteiger partial charge is 0.341 e. The van der Waals surface area contributed by atoms with E-state index in [-0.39, 0.29) is 18.9 Å². The van der Waals surface area contributed by atoms with Crippen LogP contribution in [0.2, 0.25) is 5.02 Å². The van der Waals surface area contributed by atoms with Crippen molar-refractivity contribution in [2.75, 3.05) is 18.5 Å². The lowest BCUT2D eigenvalue weighted by molar-refractivity contribution is -0.116. The minimum Gasteiger partial charge on any atom is -0.494 e. The Balaban J connectivity index is 1.64. The summed E-state index contributed by atoms with van der Waals surface area (Å²) >= 11 is 10.6. The van der Waals surface area contributed by atoms with Crippen molar-refractivity contribution in [3.05, 3.63) is 69.0 Å². The van der Waals surface area contributed by atoms with E-state index in [9.17, 15) is 9.59 Å². The molecule has 1 aromatic heterocycles. The Labute approximate surface area is 198 Å². The molecule has 3 aromatic rings. The molecule has 1 heterocycles. The number of hydrogen-bond acceptors (Lipinski definition) is 5. The van der Waals surface area contributed by atoms with Gasteiger partial charge < -0.3 is 14.8 Å². The summed E-state index contributed by atoms with van der Waals surface area (Å²) in [7, 11) is 0. The second kappa shape index (κ2) is 11.3. The van der Waals surface area contributed by atoms with Crippen LogP contribution >= 0.6 is 38.9 Å². The fraction of sp³-hybridized carbons (Fsp3) is 0.217. The van der Waals surface area contributed by atoms with Gasteiger partial charge in [0.05, 0.1) is 13.2 Å². The van der Waals surface area contributed by atoms with Crippen molar-refractivity contribution in [3.8, 4) is 16.9 Å². The molecule has 3 rings (SSSR count). The van der Waals surface area contributed by atoms with Gasteiger partial charge in [-0.05, 0) is 55.3 Å². The Morgan fingerprint density at radius 3 is 2.48 bits per heavy atom. The van der Waals surface area contributed by atoms with E-state index in [1.54, 1.807) is 31.2 Å². The van der Waals surface area contributed by atoms with Gasteiger partial charge >= 0.3 is 5.97 Å². The van der Waals surface area contributed by atoms with E-state index in [1.165, 1.54) is 11.3 Å². The summed E-state index contributed by atoms with van der Waals surface area (Å²) in [5.74, 6) is 0.0595. The third kappa shape index (κ3) is 6.56. The van der Waals surface area contributed by atoms with Crippen LogP contribution in [0.1, 0.15) is 30.1 Å². The van der Waals surface area contributed by atoms with Crippen molar-refractivity contribution in [2.45, 2.75) is 19.8 Å². The van der Waals surface area contributed by atoms with Gasteiger partial charge in [0.1, 0.15) is 16.3 Å². The number of carbonyl (C=O) groups excluding carboxylic acids is 2. The number of carbonyl (C=O) groups is 2. The van der Waals surface area contributed by atoms with Crippen LogP contribution in [0.4, 0.5) is 5.00 Å². The van der Waals surface area contributed by atoms with E-state index in [1.807, 2.05) is 29.6 Å². The summed E-state index contributed by atoms with van der Waals surface area (Å²) in [6, 6.07) is 14.7. The number of anilines is 1. The average molecular weight is 523 g/mol. The Morgan fingerprint density at radius 2 is 1.81 bits per heavy atom. The highest BCUT2D eigenvalue weighted by Crippen LogP contribution is 2.36. The maximum atomic E-state index is 12.6. The summed E-state index contributed by atoms with van der Waals surface area (Å²) in [6.45, 7) is 2.40. The quantitative estimate of drug-likeness (QED) is 0.248. The van der Waals surface area contributed by atoms with E-state index in [0.717, 1.165) is 15.6 Å². The molecule has 0 aliphatic carbocycles. The first-order chi connectivity index (χ1) is 15.0. The first kappa shape index (κ1) is 23.3. The van der Waals surface area contributed by atoms with E-state index in [2.05, 4.69) is 21.2 Å². The Morgan fingerprint density at radius 1 is 1.10 bits per heavy atom. The molecule has 0 spiro atoms. The lowest BCUT2D eigenvalue weighted by atomic mass is 10.0. The summed E-state index contributed by atoms with van der Waals surface area (Å²) in [6.07, 6.45) is 0.801. The molecule has 2 aromatic carbocycles. The summed E-state index contributed by atoms with van der Waals surface area (Å²) in [5.41, 5.74) is 1.98. The lowest BCUT2D eigenvalue weighted by Crippen LogP contribution is -2.15. The first-order valence-electron chi connectivity index (χ1n) is 9.70. The second-order valence-corrected chi connectivity index (χ2v) is 8.77. The number of rotatable bonds is 9. The maximum absolute atomic E-state index is 12.6. The Bertz CT molecular complexity index is 1030. The Hall–Kier alpha value is -2.35. The van der Waals surface area contributed by atoms with Crippen molar-refractivity contribution in [1.82, 2.24) is 0 Å². The number of amides is 1. The molecule has 31 heavy (non-hydrogen) atoms.